The zero-order valence-corrected chi connectivity index (χ0v) is 11.0. The molecule has 1 aromatic rings. The third kappa shape index (κ3) is 5.83. The molecule has 1 rings (SSSR count). The second-order valence-corrected chi connectivity index (χ2v) is 4.07. The molecular formula is C13H18F3NO2. The Bertz CT molecular complexity index is 394. The van der Waals surface area contributed by atoms with Crippen LogP contribution >= 0.6 is 0 Å². The highest BCUT2D eigenvalue weighted by Crippen LogP contribution is 2.24. The summed E-state index contributed by atoms with van der Waals surface area (Å²) in [6.07, 6.45) is -4.78. The molecule has 0 radical (unpaired) electrons. The maximum Gasteiger partial charge on any atom is 0.389 e. The van der Waals surface area contributed by atoms with Crippen molar-refractivity contribution in [1.82, 2.24) is 5.32 Å². The second kappa shape index (κ2) is 7.23. The van der Waals surface area contributed by atoms with Crippen LogP contribution in [0.1, 0.15) is 18.4 Å². The fourth-order valence-electron chi connectivity index (χ4n) is 1.63. The lowest BCUT2D eigenvalue weighted by Gasteiger charge is -2.11. The van der Waals surface area contributed by atoms with E-state index in [9.17, 15) is 13.2 Å². The van der Waals surface area contributed by atoms with Gasteiger partial charge < -0.3 is 14.8 Å². The van der Waals surface area contributed by atoms with Crippen LogP contribution in [0.25, 0.3) is 0 Å². The standard InChI is InChI=1S/C13H18F3NO2/c1-18-11-5-4-10(12(8-11)19-2)9-17-7-3-6-13(14,15)16/h4-5,8,17H,3,6-7,9H2,1-2H3. The molecule has 108 valence electrons. The Balaban J connectivity index is 2.41. The van der Waals surface area contributed by atoms with Crippen molar-refractivity contribution in [1.29, 1.82) is 0 Å². The van der Waals surface area contributed by atoms with Gasteiger partial charge in [-0.25, -0.2) is 0 Å². The lowest BCUT2D eigenvalue weighted by atomic mass is 10.2. The molecule has 0 heterocycles. The quantitative estimate of drug-likeness (QED) is 0.777. The Kier molecular flexibility index (Phi) is 5.95. The van der Waals surface area contributed by atoms with Gasteiger partial charge in [0.15, 0.2) is 0 Å². The predicted molar refractivity (Wildman–Crippen MR) is 66.5 cm³/mol. The van der Waals surface area contributed by atoms with E-state index in [4.69, 9.17) is 9.47 Å². The van der Waals surface area contributed by atoms with Gasteiger partial charge in [-0.3, -0.25) is 0 Å². The molecule has 0 amide bonds. The van der Waals surface area contributed by atoms with E-state index in [1.165, 1.54) is 0 Å². The molecule has 19 heavy (non-hydrogen) atoms. The first-order valence-electron chi connectivity index (χ1n) is 5.94. The summed E-state index contributed by atoms with van der Waals surface area (Å²) in [5.41, 5.74) is 0.885. The van der Waals surface area contributed by atoms with E-state index in [1.807, 2.05) is 6.07 Å². The molecule has 0 saturated heterocycles. The molecule has 0 fully saturated rings. The smallest absolute Gasteiger partial charge is 0.389 e. The van der Waals surface area contributed by atoms with E-state index in [1.54, 1.807) is 26.4 Å². The van der Waals surface area contributed by atoms with Gasteiger partial charge in [0.1, 0.15) is 11.5 Å². The Morgan fingerprint density at radius 2 is 1.89 bits per heavy atom. The van der Waals surface area contributed by atoms with Gasteiger partial charge in [-0.2, -0.15) is 13.2 Å². The van der Waals surface area contributed by atoms with Gasteiger partial charge in [-0.05, 0) is 19.0 Å². The Labute approximate surface area is 110 Å². The molecule has 0 aromatic heterocycles. The van der Waals surface area contributed by atoms with Crippen LogP contribution in [0.2, 0.25) is 0 Å². The SMILES string of the molecule is COc1ccc(CNCCCC(F)(F)F)c(OC)c1. The van der Waals surface area contributed by atoms with Crippen molar-refractivity contribution in [2.45, 2.75) is 25.6 Å². The number of halogens is 3. The van der Waals surface area contributed by atoms with Crippen molar-refractivity contribution in [2.24, 2.45) is 0 Å². The molecule has 6 heteroatoms. The second-order valence-electron chi connectivity index (χ2n) is 4.07. The number of hydrogen-bond acceptors (Lipinski definition) is 3. The predicted octanol–water partition coefficient (Wildman–Crippen LogP) is 3.14. The number of nitrogens with one attached hydrogen (secondary N) is 1. The molecule has 0 spiro atoms. The molecule has 0 atom stereocenters. The third-order valence-corrected chi connectivity index (χ3v) is 2.62. The van der Waals surface area contributed by atoms with Crippen LogP contribution < -0.4 is 14.8 Å². The summed E-state index contributed by atoms with van der Waals surface area (Å²) in [4.78, 5) is 0. The summed E-state index contributed by atoms with van der Waals surface area (Å²) in [5.74, 6) is 1.33. The zero-order valence-electron chi connectivity index (χ0n) is 11.0. The van der Waals surface area contributed by atoms with Crippen LogP contribution in [-0.4, -0.2) is 26.9 Å². The average Bonchev–Trinajstić information content (AvgIpc) is 2.37. The van der Waals surface area contributed by atoms with E-state index in [0.717, 1.165) is 5.56 Å². The van der Waals surface area contributed by atoms with Gasteiger partial charge in [0, 0.05) is 24.6 Å². The van der Waals surface area contributed by atoms with Crippen molar-refractivity contribution < 1.29 is 22.6 Å². The molecule has 0 unspecified atom stereocenters. The maximum atomic E-state index is 11.9. The lowest BCUT2D eigenvalue weighted by molar-refractivity contribution is -0.135. The topological polar surface area (TPSA) is 30.5 Å². The summed E-state index contributed by atoms with van der Waals surface area (Å²) in [6.45, 7) is 0.777. The van der Waals surface area contributed by atoms with Gasteiger partial charge in [0.05, 0.1) is 14.2 Å². The van der Waals surface area contributed by atoms with E-state index < -0.39 is 12.6 Å². The fraction of sp³-hybridized carbons (Fsp3) is 0.538. The Hall–Kier alpha value is -1.43. The van der Waals surface area contributed by atoms with Crippen LogP contribution in [0.15, 0.2) is 18.2 Å². The molecule has 3 nitrogen and oxygen atoms in total. The van der Waals surface area contributed by atoms with Crippen LogP contribution in [0.4, 0.5) is 13.2 Å². The highest BCUT2D eigenvalue weighted by atomic mass is 19.4. The maximum absolute atomic E-state index is 11.9. The average molecular weight is 277 g/mol. The molecule has 0 aliphatic carbocycles. The van der Waals surface area contributed by atoms with Gasteiger partial charge in [0.2, 0.25) is 0 Å². The van der Waals surface area contributed by atoms with Crippen LogP contribution in [0.5, 0.6) is 11.5 Å². The van der Waals surface area contributed by atoms with E-state index in [0.29, 0.717) is 24.6 Å². The van der Waals surface area contributed by atoms with Gasteiger partial charge in [0.25, 0.3) is 0 Å². The highest BCUT2D eigenvalue weighted by Gasteiger charge is 2.25. The summed E-state index contributed by atoms with van der Waals surface area (Å²) in [6, 6.07) is 5.36. The minimum atomic E-state index is -4.08. The van der Waals surface area contributed by atoms with E-state index in [2.05, 4.69) is 5.32 Å². The highest BCUT2D eigenvalue weighted by molar-refractivity contribution is 5.40. The number of ether oxygens (including phenoxy) is 2. The minimum absolute atomic E-state index is 0.0714. The molecule has 1 N–H and O–H groups in total. The molecule has 0 saturated carbocycles. The number of hydrogen-bond donors (Lipinski definition) is 1. The molecule has 0 bridgehead atoms. The number of methoxy groups -OCH3 is 2. The first-order valence-corrected chi connectivity index (χ1v) is 5.94. The minimum Gasteiger partial charge on any atom is -0.497 e. The van der Waals surface area contributed by atoms with Crippen LogP contribution in [-0.2, 0) is 6.54 Å². The van der Waals surface area contributed by atoms with Gasteiger partial charge >= 0.3 is 6.18 Å². The van der Waals surface area contributed by atoms with Crippen LogP contribution in [0, 0.1) is 0 Å². The normalized spacial score (nSPS) is 11.4. The summed E-state index contributed by atoms with van der Waals surface area (Å²) >= 11 is 0. The summed E-state index contributed by atoms with van der Waals surface area (Å²) < 4.78 is 46.1. The zero-order chi connectivity index (χ0) is 14.3. The number of benzene rings is 1. The monoisotopic (exact) mass is 277 g/mol. The molecular weight excluding hydrogens is 259 g/mol. The van der Waals surface area contributed by atoms with Crippen molar-refractivity contribution >= 4 is 0 Å². The third-order valence-electron chi connectivity index (χ3n) is 2.62. The first kappa shape index (κ1) is 15.6. The Morgan fingerprint density at radius 1 is 1.16 bits per heavy atom. The van der Waals surface area contributed by atoms with Crippen molar-refractivity contribution in [3.05, 3.63) is 23.8 Å². The first-order chi connectivity index (χ1) is 8.96. The van der Waals surface area contributed by atoms with Crippen molar-refractivity contribution in [3.63, 3.8) is 0 Å². The summed E-state index contributed by atoms with van der Waals surface area (Å²) in [7, 11) is 3.10. The fourth-order valence-corrected chi connectivity index (χ4v) is 1.63. The van der Waals surface area contributed by atoms with Crippen molar-refractivity contribution in [3.8, 4) is 11.5 Å². The van der Waals surface area contributed by atoms with E-state index >= 15 is 0 Å². The largest absolute Gasteiger partial charge is 0.497 e. The van der Waals surface area contributed by atoms with Crippen molar-refractivity contribution in [2.75, 3.05) is 20.8 Å². The summed E-state index contributed by atoms with van der Waals surface area (Å²) in [5, 5.41) is 2.97. The van der Waals surface area contributed by atoms with E-state index in [-0.39, 0.29) is 6.42 Å². The number of rotatable bonds is 7. The Morgan fingerprint density at radius 3 is 2.47 bits per heavy atom. The van der Waals surface area contributed by atoms with Gasteiger partial charge in [-0.1, -0.05) is 6.07 Å². The molecule has 1 aromatic carbocycles. The van der Waals surface area contributed by atoms with Gasteiger partial charge in [-0.15, -0.1) is 0 Å². The molecule has 0 aliphatic rings. The molecule has 0 aliphatic heterocycles. The lowest BCUT2D eigenvalue weighted by Crippen LogP contribution is -2.18. The van der Waals surface area contributed by atoms with Crippen LogP contribution in [0.3, 0.4) is 0 Å². The number of alkyl halides is 3.